The van der Waals surface area contributed by atoms with E-state index in [1.165, 1.54) is 17.5 Å². The number of hydrogen-bond acceptors (Lipinski definition) is 22. The molecule has 16 aromatic rings. The number of nitrogens with zero attached hydrogens (tertiary/aromatic N) is 6. The molecule has 3 fully saturated rings. The van der Waals surface area contributed by atoms with Gasteiger partial charge in [-0.05, 0) is 291 Å². The average Bonchev–Trinajstić information content (AvgIpc) is 1.55. The van der Waals surface area contributed by atoms with Gasteiger partial charge in [0.25, 0.3) is 0 Å². The number of benzene rings is 10. The molecule has 0 aliphatic carbocycles. The van der Waals surface area contributed by atoms with Gasteiger partial charge < -0.3 is 61.7 Å². The lowest BCUT2D eigenvalue weighted by molar-refractivity contribution is 0.0516. The molecule has 0 amide bonds. The number of esters is 3. The molecule has 3 unspecified atom stereocenters. The van der Waals surface area contributed by atoms with Gasteiger partial charge in [-0.25, -0.2) is 18.8 Å². The molecule has 10 aromatic carbocycles. The Morgan fingerprint density at radius 1 is 0.402 bits per heavy atom. The molecule has 22 nitrogen and oxygen atoms in total. The van der Waals surface area contributed by atoms with Crippen molar-refractivity contribution in [3.05, 3.63) is 309 Å². The molecule has 0 bridgehead atoms. The fourth-order valence-electron chi connectivity index (χ4n) is 19.5. The maximum Gasteiger partial charge on any atom is 0.342 e. The van der Waals surface area contributed by atoms with Crippen molar-refractivity contribution in [2.75, 3.05) is 72.8 Å². The lowest BCUT2D eigenvalue weighted by atomic mass is 9.88. The number of rotatable bonds is 26. The third kappa shape index (κ3) is 18.5. The van der Waals surface area contributed by atoms with Crippen LogP contribution in [-0.4, -0.2) is 136 Å². The number of halogens is 1. The van der Waals surface area contributed by atoms with E-state index in [1.54, 1.807) is 110 Å². The second kappa shape index (κ2) is 40.6. The highest BCUT2D eigenvalue weighted by Gasteiger charge is 2.39. The topological polar surface area (TPSA) is 264 Å². The van der Waals surface area contributed by atoms with Crippen LogP contribution in [0.4, 0.5) is 4.39 Å². The van der Waals surface area contributed by atoms with Gasteiger partial charge in [-0.15, -0.1) is 0 Å². The summed E-state index contributed by atoms with van der Waals surface area (Å²) in [6.45, 7) is 19.6. The fraction of sp³-hybridized carbons (Fsp3) is 0.303. The fourth-order valence-corrected chi connectivity index (χ4v) is 19.5. The van der Waals surface area contributed by atoms with Crippen LogP contribution in [0.1, 0.15) is 201 Å². The van der Waals surface area contributed by atoms with Crippen LogP contribution in [0, 0.1) is 33.5 Å². The molecule has 3 N–H and O–H groups in total. The summed E-state index contributed by atoms with van der Waals surface area (Å²) >= 11 is 0. The Morgan fingerprint density at radius 3 is 1.14 bits per heavy atom. The van der Waals surface area contributed by atoms with Crippen molar-refractivity contribution in [3.63, 3.8) is 0 Å². The number of likely N-dealkylation sites (tertiary alicyclic amines) is 3. The monoisotopic (exact) mass is 1780 g/mol. The standard InChI is InChI=1S/C38H36N2O5.C37H40N2O6.C34H33FN2O5/c1-3-43-38(42)32-24(2)45-37-30-14-13-29(44-23-25-11-12-26-9-5-6-10-28(26)21-25)22-31(30)36(41)34(33(32)37)35(27-15-17-39-18-16-27)40-19-7-4-8-20-40;1-5-43-37(41)31-24(3)45-36-28-13-12-27(44-21-16-25-10-9-11-30(42-4)23(25)2)22-29(28)35(40)33(32(31)36)34(26-14-17-38-18-15-26)39-19-7-6-8-20-39;1-3-40-34(39)28-21(2)42-33-26-12-11-25(41-20-22-7-9-24(35)10-8-22)19-27(26)32(38)30(29(28)33)31(23-13-15-36-16-14-23)37-17-5-4-6-18-37/h5-6,9-18,21-22,35,41H,3-4,7-8,19-20,23H2,1-2H3;9-15,17-18,22,34,40H,5-8,16,19-21H2,1-4H3;7-16,19,31,38H,3-6,17-18,20H2,1-2H3. The number of phenolic OH excluding ortho intramolecular Hbond substituents is 3. The van der Waals surface area contributed by atoms with Gasteiger partial charge in [0.1, 0.15) is 110 Å². The Bertz CT molecular complexity index is 6860. The third-order valence-electron chi connectivity index (χ3n) is 25.7. The van der Waals surface area contributed by atoms with Crippen molar-refractivity contribution >= 4 is 93.9 Å². The number of aromatic hydroxyl groups is 3. The molecule has 0 radical (unpaired) electrons. The molecule has 3 aliphatic rings. The van der Waals surface area contributed by atoms with Crippen molar-refractivity contribution in [1.82, 2.24) is 29.7 Å². The van der Waals surface area contributed by atoms with E-state index < -0.39 is 17.9 Å². The van der Waals surface area contributed by atoms with Crippen molar-refractivity contribution in [2.24, 2.45) is 0 Å². The highest BCUT2D eigenvalue weighted by Crippen LogP contribution is 2.53. The molecule has 6 aromatic heterocycles. The van der Waals surface area contributed by atoms with E-state index in [4.69, 9.17) is 46.4 Å². The number of piperidine rings is 3. The molecular formula is C109H109FN6O16. The second-order valence-corrected chi connectivity index (χ2v) is 33.8. The summed E-state index contributed by atoms with van der Waals surface area (Å²) in [4.78, 5) is 60.0. The quantitative estimate of drug-likeness (QED) is 0.0336. The minimum atomic E-state index is -0.486. The van der Waals surface area contributed by atoms with Gasteiger partial charge in [0.05, 0.1) is 51.7 Å². The van der Waals surface area contributed by atoms with Crippen LogP contribution in [0.2, 0.25) is 0 Å². The van der Waals surface area contributed by atoms with Crippen LogP contribution >= 0.6 is 0 Å². The summed E-state index contributed by atoms with van der Waals surface area (Å²) in [6, 6.07) is 54.3. The predicted molar refractivity (Wildman–Crippen MR) is 509 cm³/mol. The van der Waals surface area contributed by atoms with E-state index in [2.05, 4.69) is 66.0 Å². The Balaban J connectivity index is 0.000000138. The molecule has 19 rings (SSSR count). The Labute approximate surface area is 765 Å². The summed E-state index contributed by atoms with van der Waals surface area (Å²) in [7, 11) is 1.68. The molecule has 3 saturated heterocycles. The van der Waals surface area contributed by atoms with Crippen LogP contribution in [0.5, 0.6) is 40.2 Å². The van der Waals surface area contributed by atoms with E-state index in [1.807, 2.05) is 110 Å². The minimum absolute atomic E-state index is 0.0588. The molecule has 3 aliphatic heterocycles. The van der Waals surface area contributed by atoms with Crippen molar-refractivity contribution < 1.29 is 80.5 Å². The normalized spacial score (nSPS) is 14.6. The first-order valence-electron chi connectivity index (χ1n) is 45.7. The maximum absolute atomic E-state index is 13.4. The van der Waals surface area contributed by atoms with Crippen LogP contribution in [-0.2, 0) is 33.8 Å². The molecule has 9 heterocycles. The smallest absolute Gasteiger partial charge is 0.342 e. The molecular weight excluding hydrogens is 1670 g/mol. The minimum Gasteiger partial charge on any atom is -0.507 e. The number of aryl methyl sites for hydroxylation is 3. The van der Waals surface area contributed by atoms with Gasteiger partial charge in [0.15, 0.2) is 0 Å². The zero-order valence-electron chi connectivity index (χ0n) is 75.7. The van der Waals surface area contributed by atoms with Gasteiger partial charge >= 0.3 is 17.9 Å². The van der Waals surface area contributed by atoms with Crippen molar-refractivity contribution in [1.29, 1.82) is 0 Å². The van der Waals surface area contributed by atoms with Gasteiger partial charge in [-0.2, -0.15) is 0 Å². The highest BCUT2D eigenvalue weighted by atomic mass is 19.1. The number of carbonyl (C=O) groups is 3. The van der Waals surface area contributed by atoms with E-state index in [9.17, 15) is 34.1 Å². The number of phenols is 3. The van der Waals surface area contributed by atoms with Crippen LogP contribution in [0.3, 0.4) is 0 Å². The van der Waals surface area contributed by atoms with Crippen LogP contribution in [0.25, 0.3) is 76.0 Å². The molecule has 23 heteroatoms. The first-order chi connectivity index (χ1) is 64.4. The van der Waals surface area contributed by atoms with E-state index >= 15 is 0 Å². The van der Waals surface area contributed by atoms with Crippen molar-refractivity contribution in [2.45, 2.75) is 144 Å². The van der Waals surface area contributed by atoms with E-state index in [-0.39, 0.29) is 67.6 Å². The zero-order chi connectivity index (χ0) is 91.6. The zero-order valence-corrected chi connectivity index (χ0v) is 75.7. The van der Waals surface area contributed by atoms with Crippen LogP contribution in [0.15, 0.2) is 226 Å². The number of pyridine rings is 3. The molecule has 678 valence electrons. The first kappa shape index (κ1) is 90.1. The third-order valence-corrected chi connectivity index (χ3v) is 25.7. The SMILES string of the molecule is CCOC(=O)c1c(C)oc2c1c(C(c1ccncc1)N1CCCCC1)c(O)c1cc(OCCc3cccc(OC)c3C)ccc12.CCOC(=O)c1c(C)oc2c1c(C(c1ccncc1)N1CCCCC1)c(O)c1cc(OCc3ccc(F)cc3)ccc12.CCOC(=O)c1c(C)oc2c1c(C(c1ccncc1)N1CCCCC1)c(O)c1cc(OCc3ccc4ccccc4c3)ccc12. The first-order valence-corrected chi connectivity index (χ1v) is 45.7. The number of aromatic nitrogens is 3. The summed E-state index contributed by atoms with van der Waals surface area (Å²) in [5.74, 6) is 2.55. The molecule has 0 spiro atoms. The highest BCUT2D eigenvalue weighted by molar-refractivity contribution is 6.20. The number of carbonyl (C=O) groups excluding carboxylic acids is 3. The number of methoxy groups -OCH3 is 1. The largest absolute Gasteiger partial charge is 0.507 e. The maximum atomic E-state index is 13.4. The lowest BCUT2D eigenvalue weighted by Gasteiger charge is -2.36. The summed E-state index contributed by atoms with van der Waals surface area (Å²) in [6.07, 6.45) is 21.0. The van der Waals surface area contributed by atoms with Crippen LogP contribution < -0.4 is 18.9 Å². The summed E-state index contributed by atoms with van der Waals surface area (Å²) in [5, 5.41) is 44.6. The lowest BCUT2D eigenvalue weighted by Crippen LogP contribution is -2.34. The van der Waals surface area contributed by atoms with Crippen molar-refractivity contribution in [3.8, 4) is 40.2 Å². The van der Waals surface area contributed by atoms with Gasteiger partial charge in [0.2, 0.25) is 0 Å². The number of ether oxygens (including phenoxy) is 7. The molecule has 132 heavy (non-hydrogen) atoms. The number of fused-ring (bicyclic) bond motifs is 10. The van der Waals surface area contributed by atoms with Gasteiger partial charge in [0, 0.05) is 109 Å². The second-order valence-electron chi connectivity index (χ2n) is 33.8. The molecule has 0 saturated carbocycles. The Hall–Kier alpha value is -13.9. The molecule has 3 atom stereocenters. The predicted octanol–water partition coefficient (Wildman–Crippen LogP) is 23.6. The summed E-state index contributed by atoms with van der Waals surface area (Å²) in [5.41, 5.74) is 11.6. The Kier molecular flexibility index (Phi) is 27.7. The van der Waals surface area contributed by atoms with Gasteiger partial charge in [-0.1, -0.05) is 79.9 Å². The van der Waals surface area contributed by atoms with Gasteiger partial charge in [-0.3, -0.25) is 29.7 Å². The summed E-state index contributed by atoms with van der Waals surface area (Å²) < 4.78 is 72.9. The Morgan fingerprint density at radius 2 is 0.765 bits per heavy atom. The number of hydrogen-bond donors (Lipinski definition) is 3. The number of furan rings is 3. The average molecular weight is 1780 g/mol. The van der Waals surface area contributed by atoms with E-state index in [0.29, 0.717) is 153 Å². The van der Waals surface area contributed by atoms with E-state index in [0.717, 1.165) is 147 Å².